The summed E-state index contributed by atoms with van der Waals surface area (Å²) in [4.78, 5) is 112. The number of hydrogen-bond donors (Lipinski definition) is 5. The number of amides is 6. The number of esters is 2. The van der Waals surface area contributed by atoms with Gasteiger partial charge in [0.05, 0.1) is 62.5 Å². The standard InChI is InChI=1S/C57H97N7O15/c1-15-38(7)53(63(11)56(72)51(36(3)4)61-55(71)52(37(5)6)62(9)10)45(75-13)33-48(68)64-29-21-25-43(64)44(74-12)32-47(67)60-42(31-40-23-18-17-19-24-40)54(70)58-28-22-30-77-57(73)39(8)59-46(66)26-20-27-49(69)78-35-50(76-14)79-41(16-2)34-65/h17-19,23-24,36-39,41-45,50-53,65H,15-16,20-22,25-35H2,1-14H3,(H,58,70)(H,59,66)(H,60,67)(H,61,71)/t38-,39-,41?,42?,43-,44+,45+,50?,51-,52-,53-/m0/s1. The zero-order chi connectivity index (χ0) is 59.4. The lowest BCUT2D eigenvalue weighted by molar-refractivity contribution is -0.194. The fraction of sp³-hybridized carbons (Fsp3) is 0.754. The summed E-state index contributed by atoms with van der Waals surface area (Å²) in [6, 6.07) is 5.01. The molecule has 22 nitrogen and oxygen atoms in total. The molecular formula is C57H97N7O15. The van der Waals surface area contributed by atoms with Crippen LogP contribution in [0, 0.1) is 17.8 Å². The van der Waals surface area contributed by atoms with Crippen LogP contribution in [0.5, 0.6) is 0 Å². The van der Waals surface area contributed by atoms with Gasteiger partial charge in [-0.1, -0.05) is 85.2 Å². The van der Waals surface area contributed by atoms with Crippen LogP contribution in [0.2, 0.25) is 0 Å². The van der Waals surface area contributed by atoms with Crippen molar-refractivity contribution in [1.29, 1.82) is 0 Å². The lowest BCUT2D eigenvalue weighted by Crippen LogP contribution is -2.59. The minimum atomic E-state index is -0.983. The average molecular weight is 1120 g/mol. The number of likely N-dealkylation sites (tertiary alicyclic amines) is 1. The fourth-order valence-corrected chi connectivity index (χ4v) is 9.83. The first-order valence-electron chi connectivity index (χ1n) is 28.1. The quantitative estimate of drug-likeness (QED) is 0.0362. The number of carbonyl (C=O) groups excluding carboxylic acids is 8. The molecule has 1 aromatic carbocycles. The van der Waals surface area contributed by atoms with Gasteiger partial charge in [-0.2, -0.15) is 0 Å². The summed E-state index contributed by atoms with van der Waals surface area (Å²) in [5.74, 6) is -3.65. The van der Waals surface area contributed by atoms with E-state index in [-0.39, 0.29) is 107 Å². The van der Waals surface area contributed by atoms with Gasteiger partial charge in [-0.3, -0.25) is 38.5 Å². The molecule has 0 bridgehead atoms. The first-order chi connectivity index (χ1) is 37.5. The zero-order valence-electron chi connectivity index (χ0n) is 49.7. The molecule has 79 heavy (non-hydrogen) atoms. The van der Waals surface area contributed by atoms with E-state index >= 15 is 0 Å². The summed E-state index contributed by atoms with van der Waals surface area (Å²) < 4.78 is 33.1. The van der Waals surface area contributed by atoms with Gasteiger partial charge in [0.2, 0.25) is 35.4 Å². The van der Waals surface area contributed by atoms with Crippen molar-refractivity contribution in [2.24, 2.45) is 17.8 Å². The second-order valence-electron chi connectivity index (χ2n) is 21.4. The Labute approximate surface area is 469 Å². The molecule has 1 heterocycles. The van der Waals surface area contributed by atoms with E-state index in [1.807, 2.05) is 97.8 Å². The maximum atomic E-state index is 14.4. The molecule has 6 amide bonds. The Hall–Kier alpha value is -5.26. The van der Waals surface area contributed by atoms with Crippen molar-refractivity contribution >= 4 is 47.4 Å². The summed E-state index contributed by atoms with van der Waals surface area (Å²) in [6.07, 6.45) is 0.0451. The molecule has 11 atom stereocenters. The molecule has 0 radical (unpaired) electrons. The summed E-state index contributed by atoms with van der Waals surface area (Å²) in [6.45, 7) is 15.1. The van der Waals surface area contributed by atoms with E-state index in [2.05, 4.69) is 21.3 Å². The van der Waals surface area contributed by atoms with Gasteiger partial charge < -0.3 is 64.6 Å². The molecule has 0 saturated carbocycles. The highest BCUT2D eigenvalue weighted by Crippen LogP contribution is 2.28. The van der Waals surface area contributed by atoms with Crippen molar-refractivity contribution < 1.29 is 71.9 Å². The first-order valence-corrected chi connectivity index (χ1v) is 28.1. The monoisotopic (exact) mass is 1120 g/mol. The van der Waals surface area contributed by atoms with Gasteiger partial charge in [-0.15, -0.1) is 0 Å². The van der Waals surface area contributed by atoms with Gasteiger partial charge in [-0.05, 0) is 76.4 Å². The Morgan fingerprint density at radius 3 is 2.03 bits per heavy atom. The molecule has 0 aliphatic carbocycles. The van der Waals surface area contributed by atoms with E-state index in [1.165, 1.54) is 28.3 Å². The van der Waals surface area contributed by atoms with Crippen LogP contribution in [0.4, 0.5) is 0 Å². The largest absolute Gasteiger partial charge is 0.464 e. The number of nitrogens with zero attached hydrogens (tertiary/aromatic N) is 3. The number of likely N-dealkylation sites (N-methyl/N-ethyl adjacent to an activating group) is 2. The van der Waals surface area contributed by atoms with Crippen molar-refractivity contribution in [2.45, 2.75) is 187 Å². The van der Waals surface area contributed by atoms with Crippen LogP contribution < -0.4 is 21.3 Å². The van der Waals surface area contributed by atoms with Crippen LogP contribution in [0.25, 0.3) is 0 Å². The first kappa shape index (κ1) is 69.8. The van der Waals surface area contributed by atoms with Crippen molar-refractivity contribution in [2.75, 3.05) is 75.4 Å². The van der Waals surface area contributed by atoms with E-state index in [4.69, 9.17) is 28.4 Å². The van der Waals surface area contributed by atoms with E-state index in [0.717, 1.165) is 5.56 Å². The van der Waals surface area contributed by atoms with Gasteiger partial charge in [0.15, 0.2) is 6.29 Å². The predicted molar refractivity (Wildman–Crippen MR) is 297 cm³/mol. The van der Waals surface area contributed by atoms with Gasteiger partial charge in [-0.25, -0.2) is 4.79 Å². The molecule has 5 N–H and O–H groups in total. The van der Waals surface area contributed by atoms with Crippen LogP contribution in [-0.4, -0.2) is 203 Å². The second kappa shape index (κ2) is 36.9. The van der Waals surface area contributed by atoms with Crippen molar-refractivity contribution in [3.8, 4) is 0 Å². The van der Waals surface area contributed by atoms with Gasteiger partial charge in [0.1, 0.15) is 24.7 Å². The molecule has 22 heteroatoms. The average Bonchev–Trinajstić information content (AvgIpc) is 3.91. The number of aliphatic hydroxyl groups excluding tert-OH is 1. The molecule has 2 rings (SSSR count). The molecule has 1 aromatic rings. The Kier molecular flexibility index (Phi) is 32.6. The van der Waals surface area contributed by atoms with Crippen LogP contribution in [-0.2, 0) is 73.2 Å². The number of rotatable bonds is 38. The molecule has 1 fully saturated rings. The van der Waals surface area contributed by atoms with Crippen LogP contribution >= 0.6 is 0 Å². The number of hydrogen-bond acceptors (Lipinski definition) is 16. The highest BCUT2D eigenvalue weighted by Gasteiger charge is 2.42. The highest BCUT2D eigenvalue weighted by atomic mass is 16.7. The van der Waals surface area contributed by atoms with Crippen molar-refractivity contribution in [1.82, 2.24) is 36.0 Å². The fourth-order valence-electron chi connectivity index (χ4n) is 9.83. The predicted octanol–water partition coefficient (Wildman–Crippen LogP) is 3.14. The normalized spacial score (nSPS) is 17.3. The number of carbonyl (C=O) groups is 8. The van der Waals surface area contributed by atoms with E-state index in [1.54, 1.807) is 16.8 Å². The maximum absolute atomic E-state index is 14.4. The van der Waals surface area contributed by atoms with Crippen molar-refractivity contribution in [3.05, 3.63) is 35.9 Å². The summed E-state index contributed by atoms with van der Waals surface area (Å²) >= 11 is 0. The number of benzene rings is 1. The molecule has 1 aliphatic heterocycles. The third kappa shape index (κ3) is 23.8. The minimum Gasteiger partial charge on any atom is -0.464 e. The zero-order valence-corrected chi connectivity index (χ0v) is 49.7. The molecule has 1 aliphatic rings. The SMILES string of the molecule is CCC(CO)OC(COC(=O)CCCC(=O)N[C@@H](C)C(=O)OCCCNC(=O)C(Cc1ccccc1)NC(=O)C[C@@H](OC)[C@@H]1CCCN1C(=O)C[C@@H](OC)[C@H]([C@@H](C)CC)N(C)C(=O)[C@@H](NC(=O)[C@H](C(C)C)N(C)C)C(C)C)OC. The second-order valence-corrected chi connectivity index (χ2v) is 21.4. The van der Waals surface area contributed by atoms with Crippen LogP contribution in [0.3, 0.4) is 0 Å². The Bertz CT molecular complexity index is 2020. The topological polar surface area (TPSA) is 270 Å². The van der Waals surface area contributed by atoms with Gasteiger partial charge >= 0.3 is 11.9 Å². The van der Waals surface area contributed by atoms with E-state index in [0.29, 0.717) is 32.2 Å². The van der Waals surface area contributed by atoms with Crippen LogP contribution in [0.1, 0.15) is 125 Å². The van der Waals surface area contributed by atoms with Crippen molar-refractivity contribution in [3.63, 3.8) is 0 Å². The lowest BCUT2D eigenvalue weighted by atomic mass is 9.89. The molecule has 450 valence electrons. The summed E-state index contributed by atoms with van der Waals surface area (Å²) in [7, 11) is 9.78. The molecule has 0 aromatic heterocycles. The van der Waals surface area contributed by atoms with Gasteiger partial charge in [0, 0.05) is 60.7 Å². The number of ether oxygens (including phenoxy) is 6. The number of nitrogens with one attached hydrogen (secondary N) is 4. The Balaban J connectivity index is 2.03. The third-order valence-corrected chi connectivity index (χ3v) is 14.5. The number of methoxy groups -OCH3 is 3. The molecule has 0 spiro atoms. The molecular weight excluding hydrogens is 1020 g/mol. The Morgan fingerprint density at radius 2 is 1.46 bits per heavy atom. The molecule has 1 saturated heterocycles. The van der Waals surface area contributed by atoms with E-state index in [9.17, 15) is 43.5 Å². The smallest absolute Gasteiger partial charge is 0.328 e. The van der Waals surface area contributed by atoms with E-state index < -0.39 is 90.5 Å². The molecule has 3 unspecified atom stereocenters. The lowest BCUT2D eigenvalue weighted by Gasteiger charge is -2.41. The Morgan fingerprint density at radius 1 is 0.772 bits per heavy atom. The minimum absolute atomic E-state index is 0.00678. The maximum Gasteiger partial charge on any atom is 0.328 e. The summed E-state index contributed by atoms with van der Waals surface area (Å²) in [5, 5.41) is 20.6. The number of aliphatic hydroxyl groups is 1. The highest BCUT2D eigenvalue weighted by molar-refractivity contribution is 5.91. The van der Waals surface area contributed by atoms with Crippen LogP contribution in [0.15, 0.2) is 30.3 Å². The third-order valence-electron chi connectivity index (χ3n) is 14.5. The summed E-state index contributed by atoms with van der Waals surface area (Å²) in [5.41, 5.74) is 0.804. The van der Waals surface area contributed by atoms with Gasteiger partial charge in [0.25, 0.3) is 0 Å².